The zero-order valence-corrected chi connectivity index (χ0v) is 18.1. The molecule has 0 bridgehead atoms. The van der Waals surface area contributed by atoms with Crippen LogP contribution in [0.2, 0.25) is 0 Å². The molecule has 156 valence electrons. The van der Waals surface area contributed by atoms with Crippen LogP contribution in [0.3, 0.4) is 0 Å². The van der Waals surface area contributed by atoms with Crippen LogP contribution in [0, 0.1) is 19.8 Å². The first-order valence-electron chi connectivity index (χ1n) is 10.3. The fraction of sp³-hybridized carbons (Fsp3) is 0.417. The molecule has 0 aliphatic carbocycles. The summed E-state index contributed by atoms with van der Waals surface area (Å²) in [5, 5.41) is 8.89. The minimum Gasteiger partial charge on any atom is -0.346 e. The number of carbonyl (C=O) groups excluding carboxylic acids is 2. The number of hydrogen-bond acceptors (Lipinski definition) is 3. The topological polar surface area (TPSA) is 70.2 Å². The van der Waals surface area contributed by atoms with E-state index in [4.69, 9.17) is 0 Å². The van der Waals surface area contributed by atoms with Gasteiger partial charge in [-0.2, -0.15) is 0 Å². The quantitative estimate of drug-likeness (QED) is 0.603. The van der Waals surface area contributed by atoms with Crippen molar-refractivity contribution in [1.82, 2.24) is 10.6 Å². The van der Waals surface area contributed by atoms with Gasteiger partial charge >= 0.3 is 0 Å². The number of aryl methyl sites for hydroxylation is 3. The Morgan fingerprint density at radius 1 is 0.897 bits per heavy atom. The van der Waals surface area contributed by atoms with Gasteiger partial charge in [-0.15, -0.1) is 0 Å². The number of carbonyl (C=O) groups is 2. The lowest BCUT2D eigenvalue weighted by Gasteiger charge is -2.23. The van der Waals surface area contributed by atoms with E-state index in [2.05, 4.69) is 61.0 Å². The van der Waals surface area contributed by atoms with Gasteiger partial charge in [-0.1, -0.05) is 63.2 Å². The molecule has 5 nitrogen and oxygen atoms in total. The molecule has 0 saturated carbocycles. The van der Waals surface area contributed by atoms with Gasteiger partial charge in [0.15, 0.2) is 0 Å². The van der Waals surface area contributed by atoms with Crippen molar-refractivity contribution in [3.05, 3.63) is 64.7 Å². The number of anilines is 1. The third-order valence-corrected chi connectivity index (χ3v) is 5.09. The predicted molar refractivity (Wildman–Crippen MR) is 119 cm³/mol. The molecule has 0 fully saturated rings. The van der Waals surface area contributed by atoms with E-state index in [1.165, 1.54) is 5.56 Å². The van der Waals surface area contributed by atoms with Gasteiger partial charge in [0.05, 0.1) is 13.1 Å². The number of hydrogen-bond donors (Lipinski definition) is 3. The summed E-state index contributed by atoms with van der Waals surface area (Å²) in [6.07, 6.45) is 1.01. The standard InChI is InChI=1S/C24H33N3O2/c1-6-19-10-12-20(13-11-19)23(16(2)3)26-14-21(28)25-15-22(29)27-24-17(4)8-7-9-18(24)5/h7-13,16,23,26H,6,14-15H2,1-5H3,(H,25,28)(H,27,29)/t23-/m0/s1. The maximum Gasteiger partial charge on any atom is 0.243 e. The molecule has 0 spiro atoms. The van der Waals surface area contributed by atoms with E-state index in [0.717, 1.165) is 28.8 Å². The Hall–Kier alpha value is -2.66. The van der Waals surface area contributed by atoms with E-state index in [1.807, 2.05) is 32.0 Å². The number of nitrogens with one attached hydrogen (secondary N) is 3. The van der Waals surface area contributed by atoms with Crippen molar-refractivity contribution in [2.24, 2.45) is 5.92 Å². The molecule has 2 rings (SSSR count). The highest BCUT2D eigenvalue weighted by Crippen LogP contribution is 2.22. The Balaban J connectivity index is 1.85. The molecule has 0 radical (unpaired) electrons. The summed E-state index contributed by atoms with van der Waals surface area (Å²) in [7, 11) is 0. The summed E-state index contributed by atoms with van der Waals surface area (Å²) < 4.78 is 0. The number of amides is 2. The van der Waals surface area contributed by atoms with Crippen molar-refractivity contribution < 1.29 is 9.59 Å². The molecule has 0 saturated heterocycles. The van der Waals surface area contributed by atoms with Crippen molar-refractivity contribution in [3.8, 4) is 0 Å². The van der Waals surface area contributed by atoms with E-state index in [9.17, 15) is 9.59 Å². The van der Waals surface area contributed by atoms with Crippen molar-refractivity contribution in [1.29, 1.82) is 0 Å². The molecule has 2 aromatic carbocycles. The summed E-state index contributed by atoms with van der Waals surface area (Å²) in [4.78, 5) is 24.4. The molecule has 3 N–H and O–H groups in total. The van der Waals surface area contributed by atoms with Crippen molar-refractivity contribution in [2.75, 3.05) is 18.4 Å². The highest BCUT2D eigenvalue weighted by atomic mass is 16.2. The lowest BCUT2D eigenvalue weighted by Crippen LogP contribution is -2.40. The normalized spacial score (nSPS) is 11.9. The summed E-state index contributed by atoms with van der Waals surface area (Å²) in [6, 6.07) is 14.4. The highest BCUT2D eigenvalue weighted by Gasteiger charge is 2.17. The second-order valence-corrected chi connectivity index (χ2v) is 7.79. The monoisotopic (exact) mass is 395 g/mol. The minimum atomic E-state index is -0.230. The maximum atomic E-state index is 12.2. The highest BCUT2D eigenvalue weighted by molar-refractivity contribution is 5.95. The van der Waals surface area contributed by atoms with Crippen molar-refractivity contribution >= 4 is 17.5 Å². The summed E-state index contributed by atoms with van der Waals surface area (Å²) in [5.74, 6) is -0.0913. The SMILES string of the molecule is CCc1ccc([C@@H](NCC(=O)NCC(=O)Nc2c(C)cccc2C)C(C)C)cc1. The first kappa shape index (κ1) is 22.6. The Morgan fingerprint density at radius 2 is 1.52 bits per heavy atom. The average Bonchev–Trinajstić information content (AvgIpc) is 2.69. The zero-order chi connectivity index (χ0) is 21.4. The molecular formula is C24H33N3O2. The van der Waals surface area contributed by atoms with Crippen molar-refractivity contribution in [2.45, 2.75) is 47.1 Å². The van der Waals surface area contributed by atoms with E-state index in [1.54, 1.807) is 0 Å². The van der Waals surface area contributed by atoms with Crippen LogP contribution in [0.4, 0.5) is 5.69 Å². The van der Waals surface area contributed by atoms with Crippen LogP contribution in [0.1, 0.15) is 49.1 Å². The van der Waals surface area contributed by atoms with Gasteiger partial charge in [0.2, 0.25) is 11.8 Å². The van der Waals surface area contributed by atoms with Crippen LogP contribution >= 0.6 is 0 Å². The molecule has 2 aromatic rings. The molecule has 5 heteroatoms. The lowest BCUT2D eigenvalue weighted by molar-refractivity contribution is -0.123. The summed E-state index contributed by atoms with van der Waals surface area (Å²) in [6.45, 7) is 10.4. The Labute approximate surface area is 174 Å². The zero-order valence-electron chi connectivity index (χ0n) is 18.1. The summed E-state index contributed by atoms with van der Waals surface area (Å²) >= 11 is 0. The molecule has 0 aliphatic rings. The van der Waals surface area contributed by atoms with Crippen LogP contribution in [-0.2, 0) is 16.0 Å². The van der Waals surface area contributed by atoms with Crippen LogP contribution in [0.5, 0.6) is 0 Å². The maximum absolute atomic E-state index is 12.2. The molecule has 0 aromatic heterocycles. The molecule has 0 aliphatic heterocycles. The van der Waals surface area contributed by atoms with E-state index in [-0.39, 0.29) is 30.9 Å². The first-order valence-corrected chi connectivity index (χ1v) is 10.3. The van der Waals surface area contributed by atoms with Gasteiger partial charge in [-0.3, -0.25) is 9.59 Å². The smallest absolute Gasteiger partial charge is 0.243 e. The molecule has 29 heavy (non-hydrogen) atoms. The molecular weight excluding hydrogens is 362 g/mol. The average molecular weight is 396 g/mol. The minimum absolute atomic E-state index is 0.0498. The van der Waals surface area contributed by atoms with Crippen molar-refractivity contribution in [3.63, 3.8) is 0 Å². The van der Waals surface area contributed by atoms with Gasteiger partial charge in [-0.25, -0.2) is 0 Å². The van der Waals surface area contributed by atoms with Gasteiger partial charge in [0.1, 0.15) is 0 Å². The summed E-state index contributed by atoms with van der Waals surface area (Å²) in [5.41, 5.74) is 5.27. The second kappa shape index (κ2) is 10.8. The Bertz CT molecular complexity index is 808. The largest absolute Gasteiger partial charge is 0.346 e. The third kappa shape index (κ3) is 6.71. The van der Waals surface area contributed by atoms with Crippen LogP contribution in [-0.4, -0.2) is 24.9 Å². The first-order chi connectivity index (χ1) is 13.8. The van der Waals surface area contributed by atoms with Crippen LogP contribution in [0.15, 0.2) is 42.5 Å². The van der Waals surface area contributed by atoms with Crippen LogP contribution < -0.4 is 16.0 Å². The molecule has 1 atom stereocenters. The fourth-order valence-electron chi connectivity index (χ4n) is 3.34. The molecule has 0 heterocycles. The number of rotatable bonds is 9. The fourth-order valence-corrected chi connectivity index (χ4v) is 3.34. The van der Waals surface area contributed by atoms with E-state index < -0.39 is 0 Å². The van der Waals surface area contributed by atoms with Gasteiger partial charge in [0.25, 0.3) is 0 Å². The molecule has 2 amide bonds. The van der Waals surface area contributed by atoms with Gasteiger partial charge < -0.3 is 16.0 Å². The van der Waals surface area contributed by atoms with Gasteiger partial charge in [-0.05, 0) is 48.4 Å². The van der Waals surface area contributed by atoms with Gasteiger partial charge in [0, 0.05) is 11.7 Å². The Morgan fingerprint density at radius 3 is 2.07 bits per heavy atom. The third-order valence-electron chi connectivity index (χ3n) is 5.09. The predicted octanol–water partition coefficient (Wildman–Crippen LogP) is 3.91. The lowest BCUT2D eigenvalue weighted by atomic mass is 9.95. The van der Waals surface area contributed by atoms with E-state index >= 15 is 0 Å². The van der Waals surface area contributed by atoms with Crippen LogP contribution in [0.25, 0.3) is 0 Å². The molecule has 0 unspecified atom stereocenters. The number of benzene rings is 2. The number of para-hydroxylation sites is 1. The second-order valence-electron chi connectivity index (χ2n) is 7.79. The Kier molecular flexibility index (Phi) is 8.40. The van der Waals surface area contributed by atoms with E-state index in [0.29, 0.717) is 5.92 Å².